The SMILES string of the molecule is C=CC1(OC(=O)C(C)(C)CC)C2CC3CC(C2)C(CO)C1C3.C=CC1(OC(=O)C(C)(C)CC)C2CC3CC1CC(O)(C3)C2.CC/C(C)=C\C1(OC(=O)C(C)(C)CC)C2CC3CC1CC(C(=O)OC)(C3)C2.CCC(C)(C)C(=O)OC1(C2=CCC(C)CC2)C2CC3CC(C2)CC1C3.CCC(C)(C)C(=O)OC1(C=C2CCCC2)C2CC3CC(C2)CC1C3. The lowest BCUT2D eigenvalue weighted by molar-refractivity contribution is -0.230. The molecule has 668 valence electrons. The van der Waals surface area contributed by atoms with E-state index in [9.17, 15) is 39.0 Å². The van der Waals surface area contributed by atoms with E-state index in [1.54, 1.807) is 5.57 Å². The van der Waals surface area contributed by atoms with Gasteiger partial charge >= 0.3 is 35.8 Å². The molecular formula is C105H164O14. The Morgan fingerprint density at radius 2 is 0.840 bits per heavy atom. The Morgan fingerprint density at radius 1 is 0.454 bits per heavy atom. The maximum atomic E-state index is 13.2. The van der Waals surface area contributed by atoms with Crippen molar-refractivity contribution >= 4 is 35.8 Å². The van der Waals surface area contributed by atoms with E-state index in [-0.39, 0.29) is 105 Å². The van der Waals surface area contributed by atoms with E-state index in [0.717, 1.165) is 170 Å². The van der Waals surface area contributed by atoms with Gasteiger partial charge in [0.25, 0.3) is 0 Å². The number of aliphatic hydroxyl groups excluding tert-OH is 1. The molecule has 0 heterocycles. The molecule has 2 N–H and O–H groups in total. The van der Waals surface area contributed by atoms with Crippen molar-refractivity contribution in [1.29, 1.82) is 0 Å². The van der Waals surface area contributed by atoms with Crippen LogP contribution in [0.5, 0.6) is 0 Å². The number of allylic oxidation sites excluding steroid dienone is 3. The topological polar surface area (TPSA) is 198 Å². The van der Waals surface area contributed by atoms with E-state index >= 15 is 0 Å². The van der Waals surface area contributed by atoms with E-state index in [2.05, 4.69) is 79.9 Å². The number of hydrogen-bond donors (Lipinski definition) is 2. The first-order chi connectivity index (χ1) is 56.0. The van der Waals surface area contributed by atoms with Crippen molar-refractivity contribution in [2.24, 2.45) is 151 Å². The van der Waals surface area contributed by atoms with E-state index in [1.165, 1.54) is 121 Å². The van der Waals surface area contributed by atoms with Crippen molar-refractivity contribution < 1.29 is 67.4 Å². The molecule has 22 aliphatic rings. The van der Waals surface area contributed by atoms with E-state index < -0.39 is 38.6 Å². The third kappa shape index (κ3) is 17.2. The van der Waals surface area contributed by atoms with Gasteiger partial charge in [0.15, 0.2) is 0 Å². The minimum absolute atomic E-state index is 0.0346. The second kappa shape index (κ2) is 34.7. The maximum absolute atomic E-state index is 13.2. The van der Waals surface area contributed by atoms with Crippen LogP contribution in [-0.2, 0) is 57.2 Å². The number of esters is 6. The van der Waals surface area contributed by atoms with Crippen LogP contribution in [0.2, 0.25) is 0 Å². The summed E-state index contributed by atoms with van der Waals surface area (Å²) in [6.45, 7) is 45.1. The zero-order chi connectivity index (χ0) is 86.4. The summed E-state index contributed by atoms with van der Waals surface area (Å²) < 4.78 is 37.1. The minimum atomic E-state index is -0.557. The van der Waals surface area contributed by atoms with Crippen molar-refractivity contribution in [3.05, 3.63) is 60.3 Å². The van der Waals surface area contributed by atoms with Gasteiger partial charge in [0.1, 0.15) is 28.0 Å². The van der Waals surface area contributed by atoms with Crippen LogP contribution in [0.3, 0.4) is 0 Å². The first-order valence-corrected chi connectivity index (χ1v) is 49.0. The highest BCUT2D eigenvalue weighted by Crippen LogP contribution is 2.69. The van der Waals surface area contributed by atoms with E-state index in [1.807, 2.05) is 88.3 Å². The number of methoxy groups -OCH3 is 1. The fraction of sp³-hybridized carbons (Fsp3) is 0.848. The quantitative estimate of drug-likeness (QED) is 0.0556. The second-order valence-corrected chi connectivity index (χ2v) is 46.7. The highest BCUT2D eigenvalue weighted by Gasteiger charge is 2.69. The normalized spacial score (nSPS) is 41.8. The van der Waals surface area contributed by atoms with Crippen LogP contribution in [0, 0.1) is 151 Å². The van der Waals surface area contributed by atoms with Crippen LogP contribution >= 0.6 is 0 Å². The zero-order valence-electron chi connectivity index (χ0n) is 78.0. The second-order valence-electron chi connectivity index (χ2n) is 46.7. The van der Waals surface area contributed by atoms with Gasteiger partial charge in [0.05, 0.1) is 45.2 Å². The number of aliphatic hydroxyl groups is 2. The highest BCUT2D eigenvalue weighted by molar-refractivity contribution is 5.80. The van der Waals surface area contributed by atoms with Crippen LogP contribution in [0.15, 0.2) is 60.3 Å². The molecule has 0 aromatic rings. The van der Waals surface area contributed by atoms with Crippen molar-refractivity contribution in [3.8, 4) is 0 Å². The summed E-state index contributed by atoms with van der Waals surface area (Å²) in [7, 11) is 1.50. The number of rotatable bonds is 23. The van der Waals surface area contributed by atoms with Gasteiger partial charge in [-0.2, -0.15) is 0 Å². The Morgan fingerprint density at radius 3 is 1.24 bits per heavy atom. The smallest absolute Gasteiger partial charge is 0.312 e. The number of carbonyl (C=O) groups is 6. The van der Waals surface area contributed by atoms with Crippen molar-refractivity contribution in [3.63, 3.8) is 0 Å². The summed E-state index contributed by atoms with van der Waals surface area (Å²) in [5, 5.41) is 20.6. The molecule has 0 aliphatic heterocycles. The molecule has 0 aromatic heterocycles. The average Bonchev–Trinajstić information content (AvgIpc) is 1.05. The van der Waals surface area contributed by atoms with Crippen LogP contribution in [0.25, 0.3) is 0 Å². The number of hydrogen-bond acceptors (Lipinski definition) is 14. The zero-order valence-corrected chi connectivity index (χ0v) is 78.0. The summed E-state index contributed by atoms with van der Waals surface area (Å²) in [6.07, 6.45) is 51.4. The molecule has 11 unspecified atom stereocenters. The lowest BCUT2D eigenvalue weighted by atomic mass is 9.44. The van der Waals surface area contributed by atoms with Gasteiger partial charge in [0.2, 0.25) is 0 Å². The van der Waals surface area contributed by atoms with Gasteiger partial charge in [-0.05, 0) is 403 Å². The first-order valence-electron chi connectivity index (χ1n) is 49.0. The van der Waals surface area contributed by atoms with Gasteiger partial charge in [-0.15, -0.1) is 0 Å². The molecule has 22 aliphatic carbocycles. The van der Waals surface area contributed by atoms with Crippen molar-refractivity contribution in [1.82, 2.24) is 0 Å². The van der Waals surface area contributed by atoms with Crippen LogP contribution in [-0.4, -0.2) is 93.4 Å². The molecular weight excluding hydrogens is 1490 g/mol. The Labute approximate surface area is 719 Å². The highest BCUT2D eigenvalue weighted by atomic mass is 16.6. The molecule has 21 saturated carbocycles. The summed E-state index contributed by atoms with van der Waals surface area (Å²) in [5.74, 6) is 10.7. The van der Waals surface area contributed by atoms with Crippen molar-refractivity contribution in [2.45, 2.75) is 396 Å². The van der Waals surface area contributed by atoms with Gasteiger partial charge in [-0.3, -0.25) is 28.8 Å². The largest absolute Gasteiger partial charge is 0.469 e. The lowest BCUT2D eigenvalue weighted by Gasteiger charge is -2.62. The van der Waals surface area contributed by atoms with Gasteiger partial charge < -0.3 is 38.6 Å². The van der Waals surface area contributed by atoms with Gasteiger partial charge in [-0.1, -0.05) is 78.8 Å². The summed E-state index contributed by atoms with van der Waals surface area (Å²) in [4.78, 5) is 77.2. The van der Waals surface area contributed by atoms with Crippen LogP contribution in [0.4, 0.5) is 0 Å². The average molecular weight is 1650 g/mol. The third-order valence-electron chi connectivity index (χ3n) is 37.3. The monoisotopic (exact) mass is 1650 g/mol. The fourth-order valence-electron chi connectivity index (χ4n) is 28.6. The van der Waals surface area contributed by atoms with Gasteiger partial charge in [-0.25, -0.2) is 0 Å². The standard InChI is InChI=1S/C23H36O4.C23H36O2.C22H34O2.C19H30O3.C18H28O3/c1-7-15(3)11-23(27-19(24)21(4,5)8-2)17-9-16-10-18(23)14-22(12-16,13-17)20(25)26-6;1-5-22(3,4)21(24)25-23(18-8-6-15(2)7-9-18)19-11-16-10-17(13-19)14-20(23)12-16;1-4-21(2,3)20(23)24-22(14-15-7-5-6-8-15)18-10-16-9-17(12-18)13-19(22)11-16;1-5-18(3,4)17(21)22-19(6-2)14-8-12-7-13(10-14)15(11-20)16(19)9-12;1-5-16(3,4)15(19)21-18(6-2)13-7-12-8-14(18)11-17(20,9-12)10-13/h11,16-18H,7-10,12-14H2,1-6H3;8,15-17,19-20H,5-7,9-14H2,1-4H3;14,16-19H,4-13H2,1-3H3;6,12-16,20H,2,5,7-11H2,1,3-4H3;6,12-14,20H,2,5,7-11H2,1,3-4H3/b15-11-;;;;. The molecule has 21 fully saturated rings. The first kappa shape index (κ1) is 92.1. The predicted molar refractivity (Wildman–Crippen MR) is 470 cm³/mol. The Balaban J connectivity index is 0.000000129. The molecule has 20 bridgehead atoms. The summed E-state index contributed by atoms with van der Waals surface area (Å²) in [5.41, 5.74) is -0.870. The third-order valence-corrected chi connectivity index (χ3v) is 37.3. The number of ether oxygens (including phenoxy) is 6. The van der Waals surface area contributed by atoms with E-state index in [4.69, 9.17) is 28.4 Å². The summed E-state index contributed by atoms with van der Waals surface area (Å²) in [6, 6.07) is 0. The van der Waals surface area contributed by atoms with Crippen molar-refractivity contribution in [2.75, 3.05) is 13.7 Å². The maximum Gasteiger partial charge on any atom is 0.312 e. The van der Waals surface area contributed by atoms with Gasteiger partial charge in [0, 0.05) is 65.8 Å². The lowest BCUT2D eigenvalue weighted by Crippen LogP contribution is -2.64. The molecule has 14 heteroatoms. The van der Waals surface area contributed by atoms with Crippen LogP contribution in [0.1, 0.15) is 362 Å². The minimum Gasteiger partial charge on any atom is -0.469 e. The molecule has 11 atom stereocenters. The molecule has 0 amide bonds. The number of carbonyl (C=O) groups excluding carboxylic acids is 6. The molecule has 0 radical (unpaired) electrons. The molecule has 0 aromatic carbocycles. The van der Waals surface area contributed by atoms with Crippen LogP contribution < -0.4 is 0 Å². The fourth-order valence-corrected chi connectivity index (χ4v) is 28.6. The predicted octanol–water partition coefficient (Wildman–Crippen LogP) is 23.7. The Hall–Kier alpha value is -4.56. The summed E-state index contributed by atoms with van der Waals surface area (Å²) >= 11 is 0. The van der Waals surface area contributed by atoms with E-state index in [0.29, 0.717) is 47.3 Å². The molecule has 0 spiro atoms. The molecule has 0 saturated heterocycles. The Kier molecular flexibility index (Phi) is 26.8. The molecule has 119 heavy (non-hydrogen) atoms. The molecule has 14 nitrogen and oxygen atoms in total. The Bertz CT molecular complexity index is 3720. The molecule has 22 rings (SSSR count).